The van der Waals surface area contributed by atoms with Crippen LogP contribution >= 0.6 is 0 Å². The Labute approximate surface area is 89.1 Å². The van der Waals surface area contributed by atoms with Gasteiger partial charge in [0.05, 0.1) is 5.56 Å². The van der Waals surface area contributed by atoms with Crippen LogP contribution in [0.25, 0.3) is 0 Å². The molecule has 1 fully saturated rings. The van der Waals surface area contributed by atoms with Crippen molar-refractivity contribution in [1.82, 2.24) is 0 Å². The normalized spacial score (nSPS) is 17.9. The summed E-state index contributed by atoms with van der Waals surface area (Å²) in [6, 6.07) is 6.98. The lowest BCUT2D eigenvalue weighted by Crippen LogP contribution is -2.41. The van der Waals surface area contributed by atoms with Crippen LogP contribution in [0.3, 0.4) is 0 Å². The molecule has 1 aliphatic rings. The van der Waals surface area contributed by atoms with E-state index in [0.717, 1.165) is 18.5 Å². The van der Waals surface area contributed by atoms with Crippen molar-refractivity contribution in [3.05, 3.63) is 29.8 Å². The third-order valence-corrected chi connectivity index (χ3v) is 3.01. The quantitative estimate of drug-likeness (QED) is 0.797. The van der Waals surface area contributed by atoms with Gasteiger partial charge in [-0.15, -0.1) is 0 Å². The Morgan fingerprint density at radius 3 is 2.73 bits per heavy atom. The van der Waals surface area contributed by atoms with Crippen molar-refractivity contribution in [2.45, 2.75) is 31.7 Å². The first-order valence-corrected chi connectivity index (χ1v) is 5.21. The maximum absolute atomic E-state index is 10.8. The average molecular weight is 205 g/mol. The zero-order valence-electron chi connectivity index (χ0n) is 8.79. The summed E-state index contributed by atoms with van der Waals surface area (Å²) in [6.07, 6.45) is 3.57. The number of aromatic carboxylic acids is 1. The summed E-state index contributed by atoms with van der Waals surface area (Å²) in [6.45, 7) is 2.17. The van der Waals surface area contributed by atoms with Gasteiger partial charge in [-0.05, 0) is 44.4 Å². The van der Waals surface area contributed by atoms with Gasteiger partial charge in [0.25, 0.3) is 0 Å². The molecule has 80 valence electrons. The predicted octanol–water partition coefficient (Wildman–Crippen LogP) is 2.74. The van der Waals surface area contributed by atoms with Crippen LogP contribution in [0.2, 0.25) is 0 Å². The molecule has 0 bridgehead atoms. The molecule has 1 aromatic carbocycles. The number of carbonyl (C=O) groups is 1. The van der Waals surface area contributed by atoms with Crippen molar-refractivity contribution in [3.8, 4) is 0 Å². The molecule has 15 heavy (non-hydrogen) atoms. The molecular weight excluding hydrogens is 190 g/mol. The smallest absolute Gasteiger partial charge is 0.335 e. The number of carboxylic acids is 1. The summed E-state index contributed by atoms with van der Waals surface area (Å²) >= 11 is 0. The number of hydrogen-bond acceptors (Lipinski definition) is 2. The van der Waals surface area contributed by atoms with Crippen molar-refractivity contribution >= 4 is 11.7 Å². The summed E-state index contributed by atoms with van der Waals surface area (Å²) < 4.78 is 0. The summed E-state index contributed by atoms with van der Waals surface area (Å²) in [5.41, 5.74) is 1.40. The molecule has 2 N–H and O–H groups in total. The second-order valence-electron chi connectivity index (χ2n) is 4.43. The third kappa shape index (κ3) is 2.12. The van der Waals surface area contributed by atoms with Gasteiger partial charge in [0.2, 0.25) is 0 Å². The Morgan fingerprint density at radius 2 is 2.20 bits per heavy atom. The molecule has 3 heteroatoms. The first-order chi connectivity index (χ1) is 7.09. The zero-order chi connectivity index (χ0) is 10.9. The molecule has 1 aromatic rings. The van der Waals surface area contributed by atoms with Crippen LogP contribution in [-0.4, -0.2) is 16.6 Å². The maximum atomic E-state index is 10.8. The molecule has 2 rings (SSSR count). The maximum Gasteiger partial charge on any atom is 0.335 e. The summed E-state index contributed by atoms with van der Waals surface area (Å²) in [7, 11) is 0. The van der Waals surface area contributed by atoms with Crippen LogP contribution in [0.15, 0.2) is 24.3 Å². The Balaban J connectivity index is 2.14. The molecule has 3 nitrogen and oxygen atoms in total. The minimum absolute atomic E-state index is 0.164. The number of carboxylic acid groups (broad SMARTS) is 1. The van der Waals surface area contributed by atoms with Gasteiger partial charge < -0.3 is 10.4 Å². The van der Waals surface area contributed by atoms with Crippen LogP contribution in [0, 0.1) is 0 Å². The first kappa shape index (κ1) is 10.0. The molecule has 0 radical (unpaired) electrons. The average Bonchev–Trinajstić information content (AvgIpc) is 2.16. The zero-order valence-corrected chi connectivity index (χ0v) is 8.79. The minimum Gasteiger partial charge on any atom is -0.478 e. The van der Waals surface area contributed by atoms with E-state index in [-0.39, 0.29) is 5.54 Å². The van der Waals surface area contributed by atoms with E-state index in [0.29, 0.717) is 5.56 Å². The van der Waals surface area contributed by atoms with Crippen LogP contribution in [0.4, 0.5) is 5.69 Å². The molecule has 0 aromatic heterocycles. The predicted molar refractivity (Wildman–Crippen MR) is 59.3 cm³/mol. The van der Waals surface area contributed by atoms with Crippen molar-refractivity contribution in [2.75, 3.05) is 5.32 Å². The summed E-state index contributed by atoms with van der Waals surface area (Å²) in [4.78, 5) is 10.8. The van der Waals surface area contributed by atoms with Gasteiger partial charge in [0.1, 0.15) is 0 Å². The molecule has 0 heterocycles. The van der Waals surface area contributed by atoms with Gasteiger partial charge in [0, 0.05) is 11.2 Å². The first-order valence-electron chi connectivity index (χ1n) is 5.21. The summed E-state index contributed by atoms with van der Waals surface area (Å²) in [5.74, 6) is -0.877. The highest BCUT2D eigenvalue weighted by Gasteiger charge is 2.31. The topological polar surface area (TPSA) is 49.3 Å². The monoisotopic (exact) mass is 205 g/mol. The lowest BCUT2D eigenvalue weighted by atomic mass is 9.78. The standard InChI is InChI=1S/C12H15NO2/c1-12(6-3-7-12)13-10-5-2-4-9(8-10)11(14)15/h2,4-5,8,13H,3,6-7H2,1H3,(H,14,15). The molecular formula is C12H15NO2. The van der Waals surface area contributed by atoms with E-state index in [9.17, 15) is 4.79 Å². The van der Waals surface area contributed by atoms with Crippen LogP contribution in [0.1, 0.15) is 36.5 Å². The van der Waals surface area contributed by atoms with Crippen LogP contribution in [-0.2, 0) is 0 Å². The van der Waals surface area contributed by atoms with E-state index in [1.807, 2.05) is 6.07 Å². The van der Waals surface area contributed by atoms with E-state index in [4.69, 9.17) is 5.11 Å². The Kier molecular flexibility index (Phi) is 2.39. The van der Waals surface area contributed by atoms with Gasteiger partial charge in [0.15, 0.2) is 0 Å². The second-order valence-corrected chi connectivity index (χ2v) is 4.43. The number of rotatable bonds is 3. The van der Waals surface area contributed by atoms with Crippen molar-refractivity contribution in [3.63, 3.8) is 0 Å². The fourth-order valence-electron chi connectivity index (χ4n) is 1.91. The third-order valence-electron chi connectivity index (χ3n) is 3.01. The van der Waals surface area contributed by atoms with E-state index in [1.165, 1.54) is 6.42 Å². The lowest BCUT2D eigenvalue weighted by Gasteiger charge is -2.40. The SMILES string of the molecule is CC1(Nc2cccc(C(=O)O)c2)CCC1. The Morgan fingerprint density at radius 1 is 1.47 bits per heavy atom. The highest BCUT2D eigenvalue weighted by molar-refractivity contribution is 5.88. The fourth-order valence-corrected chi connectivity index (χ4v) is 1.91. The Hall–Kier alpha value is -1.51. The highest BCUT2D eigenvalue weighted by Crippen LogP contribution is 2.34. The molecule has 0 saturated heterocycles. The van der Waals surface area contributed by atoms with E-state index >= 15 is 0 Å². The minimum atomic E-state index is -0.877. The second kappa shape index (κ2) is 3.57. The molecule has 1 aliphatic carbocycles. The van der Waals surface area contributed by atoms with Crippen molar-refractivity contribution in [2.24, 2.45) is 0 Å². The molecule has 0 spiro atoms. The molecule has 1 saturated carbocycles. The molecule has 0 aliphatic heterocycles. The van der Waals surface area contributed by atoms with Crippen LogP contribution < -0.4 is 5.32 Å². The van der Waals surface area contributed by atoms with Gasteiger partial charge in [-0.2, -0.15) is 0 Å². The summed E-state index contributed by atoms with van der Waals surface area (Å²) in [5, 5.41) is 12.2. The van der Waals surface area contributed by atoms with E-state index < -0.39 is 5.97 Å². The fraction of sp³-hybridized carbons (Fsp3) is 0.417. The molecule has 0 amide bonds. The van der Waals surface area contributed by atoms with E-state index in [2.05, 4.69) is 12.2 Å². The van der Waals surface area contributed by atoms with Gasteiger partial charge in [-0.25, -0.2) is 4.79 Å². The van der Waals surface area contributed by atoms with E-state index in [1.54, 1.807) is 18.2 Å². The molecule has 0 atom stereocenters. The number of benzene rings is 1. The largest absolute Gasteiger partial charge is 0.478 e. The van der Waals surface area contributed by atoms with Crippen molar-refractivity contribution in [1.29, 1.82) is 0 Å². The number of hydrogen-bond donors (Lipinski definition) is 2. The van der Waals surface area contributed by atoms with Crippen molar-refractivity contribution < 1.29 is 9.90 Å². The number of nitrogens with one attached hydrogen (secondary N) is 1. The van der Waals surface area contributed by atoms with Gasteiger partial charge in [-0.3, -0.25) is 0 Å². The highest BCUT2D eigenvalue weighted by atomic mass is 16.4. The van der Waals surface area contributed by atoms with Gasteiger partial charge in [-0.1, -0.05) is 6.07 Å². The number of anilines is 1. The van der Waals surface area contributed by atoms with Gasteiger partial charge >= 0.3 is 5.97 Å². The molecule has 0 unspecified atom stereocenters. The Bertz CT molecular complexity index is 383. The van der Waals surface area contributed by atoms with Crippen LogP contribution in [0.5, 0.6) is 0 Å². The lowest BCUT2D eigenvalue weighted by molar-refractivity contribution is 0.0697.